The van der Waals surface area contributed by atoms with Gasteiger partial charge in [0.05, 0.1) is 5.52 Å². The number of halogens is 1. The maximum Gasteiger partial charge on any atom is 0.290 e. The highest BCUT2D eigenvalue weighted by atomic mass is 35.5. The van der Waals surface area contributed by atoms with Gasteiger partial charge in [-0.25, -0.2) is 0 Å². The SMILES string of the molecule is CC(C)(C)c1ccc2nccc(C3CCN(C(=O)C(=O)Cc4ccc(Cl)cc4)CC3)c2c1. The van der Waals surface area contributed by atoms with E-state index in [0.29, 0.717) is 24.0 Å². The second-order valence-corrected chi connectivity index (χ2v) is 10.1. The third-order valence-electron chi connectivity index (χ3n) is 6.38. The number of hydrogen-bond donors (Lipinski definition) is 0. The van der Waals surface area contributed by atoms with Gasteiger partial charge in [0, 0.05) is 36.1 Å². The molecular formula is C27H29ClN2O2. The van der Waals surface area contributed by atoms with Crippen molar-refractivity contribution in [1.29, 1.82) is 0 Å². The van der Waals surface area contributed by atoms with Crippen molar-refractivity contribution in [1.82, 2.24) is 9.88 Å². The summed E-state index contributed by atoms with van der Waals surface area (Å²) in [6.07, 6.45) is 3.68. The Morgan fingerprint density at radius 1 is 1.03 bits per heavy atom. The number of aromatic nitrogens is 1. The first-order valence-corrected chi connectivity index (χ1v) is 11.6. The van der Waals surface area contributed by atoms with Gasteiger partial charge < -0.3 is 4.90 Å². The van der Waals surface area contributed by atoms with E-state index in [1.165, 1.54) is 16.5 Å². The number of Topliss-reactive ketones (excluding diaryl/α,β-unsaturated/α-hetero) is 1. The van der Waals surface area contributed by atoms with Crippen molar-refractivity contribution in [3.05, 3.63) is 76.4 Å². The van der Waals surface area contributed by atoms with E-state index in [1.807, 2.05) is 6.20 Å². The van der Waals surface area contributed by atoms with Crippen LogP contribution in [-0.2, 0) is 21.4 Å². The van der Waals surface area contributed by atoms with Crippen molar-refractivity contribution in [3.63, 3.8) is 0 Å². The van der Waals surface area contributed by atoms with E-state index in [9.17, 15) is 9.59 Å². The number of likely N-dealkylation sites (tertiary alicyclic amines) is 1. The summed E-state index contributed by atoms with van der Waals surface area (Å²) in [5.74, 6) is -0.394. The topological polar surface area (TPSA) is 50.3 Å². The first-order chi connectivity index (χ1) is 15.2. The van der Waals surface area contributed by atoms with Gasteiger partial charge >= 0.3 is 0 Å². The zero-order chi connectivity index (χ0) is 22.9. The fourth-order valence-electron chi connectivity index (χ4n) is 4.42. The Morgan fingerprint density at radius 3 is 2.38 bits per heavy atom. The van der Waals surface area contributed by atoms with Crippen LogP contribution in [0, 0.1) is 0 Å². The third kappa shape index (κ3) is 4.86. The number of ketones is 1. The Balaban J connectivity index is 1.45. The molecule has 1 amide bonds. The number of fused-ring (bicyclic) bond motifs is 1. The summed E-state index contributed by atoms with van der Waals surface area (Å²) in [5, 5.41) is 1.82. The summed E-state index contributed by atoms with van der Waals surface area (Å²) in [7, 11) is 0. The Labute approximate surface area is 194 Å². The maximum atomic E-state index is 12.7. The largest absolute Gasteiger partial charge is 0.336 e. The number of carbonyl (C=O) groups excluding carboxylic acids is 2. The van der Waals surface area contributed by atoms with Crippen molar-refractivity contribution in [2.24, 2.45) is 0 Å². The molecule has 32 heavy (non-hydrogen) atoms. The van der Waals surface area contributed by atoms with E-state index in [1.54, 1.807) is 29.2 Å². The second kappa shape index (κ2) is 9.03. The van der Waals surface area contributed by atoms with Gasteiger partial charge in [0.1, 0.15) is 0 Å². The molecule has 0 atom stereocenters. The van der Waals surface area contributed by atoms with E-state index < -0.39 is 0 Å². The Bertz CT molecular complexity index is 1140. The highest BCUT2D eigenvalue weighted by Crippen LogP contribution is 2.34. The van der Waals surface area contributed by atoms with Gasteiger partial charge in [0.25, 0.3) is 5.91 Å². The summed E-state index contributed by atoms with van der Waals surface area (Å²) < 4.78 is 0. The summed E-state index contributed by atoms with van der Waals surface area (Å²) in [5.41, 5.74) is 4.47. The molecule has 0 aliphatic carbocycles. The maximum absolute atomic E-state index is 12.7. The van der Waals surface area contributed by atoms with Gasteiger partial charge in [-0.1, -0.05) is 50.6 Å². The fourth-order valence-corrected chi connectivity index (χ4v) is 4.55. The molecule has 2 heterocycles. The minimum atomic E-state index is -0.381. The van der Waals surface area contributed by atoms with Crippen molar-refractivity contribution in [2.45, 2.75) is 51.4 Å². The molecule has 0 saturated carbocycles. The van der Waals surface area contributed by atoms with Crippen molar-refractivity contribution in [2.75, 3.05) is 13.1 Å². The van der Waals surface area contributed by atoms with Crippen LogP contribution in [0.5, 0.6) is 0 Å². The molecule has 1 saturated heterocycles. The highest BCUT2D eigenvalue weighted by Gasteiger charge is 2.28. The van der Waals surface area contributed by atoms with Crippen LogP contribution in [0.2, 0.25) is 5.02 Å². The molecule has 1 aliphatic heterocycles. The Kier molecular flexibility index (Phi) is 6.34. The van der Waals surface area contributed by atoms with Crippen LogP contribution in [0.4, 0.5) is 0 Å². The average Bonchev–Trinajstić information content (AvgIpc) is 2.79. The summed E-state index contributed by atoms with van der Waals surface area (Å²) >= 11 is 5.90. The number of pyridine rings is 1. The number of benzene rings is 2. The molecule has 2 aromatic carbocycles. The molecule has 0 spiro atoms. The van der Waals surface area contributed by atoms with E-state index >= 15 is 0 Å². The molecule has 0 bridgehead atoms. The van der Waals surface area contributed by atoms with E-state index in [-0.39, 0.29) is 23.5 Å². The van der Waals surface area contributed by atoms with Crippen LogP contribution in [0.1, 0.15) is 56.2 Å². The average molecular weight is 449 g/mol. The molecule has 5 heteroatoms. The van der Waals surface area contributed by atoms with Crippen LogP contribution in [0.3, 0.4) is 0 Å². The van der Waals surface area contributed by atoms with Gasteiger partial charge in [0.15, 0.2) is 0 Å². The molecule has 3 aromatic rings. The Hall–Kier alpha value is -2.72. The van der Waals surface area contributed by atoms with Gasteiger partial charge in [-0.15, -0.1) is 0 Å². The molecule has 1 aromatic heterocycles. The predicted octanol–water partition coefficient (Wildman–Crippen LogP) is 5.70. The normalized spacial score (nSPS) is 15.2. The van der Waals surface area contributed by atoms with Crippen LogP contribution in [0.15, 0.2) is 54.7 Å². The molecule has 1 fully saturated rings. The standard InChI is InChI=1S/C27H29ClN2O2/c1-27(2,3)20-6-9-24-23(17-20)22(10-13-29-24)19-11-14-30(15-12-19)26(32)25(31)16-18-4-7-21(28)8-5-18/h4-10,13,17,19H,11-12,14-16H2,1-3H3. The Morgan fingerprint density at radius 2 is 1.72 bits per heavy atom. The molecule has 166 valence electrons. The third-order valence-corrected chi connectivity index (χ3v) is 6.63. The smallest absolute Gasteiger partial charge is 0.290 e. The lowest BCUT2D eigenvalue weighted by atomic mass is 9.83. The molecular weight excluding hydrogens is 420 g/mol. The lowest BCUT2D eigenvalue weighted by Crippen LogP contribution is -2.42. The predicted molar refractivity (Wildman–Crippen MR) is 129 cm³/mol. The molecule has 4 nitrogen and oxygen atoms in total. The summed E-state index contributed by atoms with van der Waals surface area (Å²) in [6.45, 7) is 7.84. The quantitative estimate of drug-likeness (QED) is 0.481. The minimum absolute atomic E-state index is 0.0710. The fraction of sp³-hybridized carbons (Fsp3) is 0.370. The van der Waals surface area contributed by atoms with Crippen LogP contribution in [0.25, 0.3) is 10.9 Å². The number of carbonyl (C=O) groups is 2. The summed E-state index contributed by atoms with van der Waals surface area (Å²) in [4.78, 5) is 31.5. The van der Waals surface area contributed by atoms with Crippen LogP contribution >= 0.6 is 11.6 Å². The van der Waals surface area contributed by atoms with Crippen molar-refractivity contribution >= 4 is 34.2 Å². The van der Waals surface area contributed by atoms with E-state index in [4.69, 9.17) is 11.6 Å². The number of nitrogens with zero attached hydrogens (tertiary/aromatic N) is 2. The zero-order valence-electron chi connectivity index (χ0n) is 18.9. The molecule has 0 unspecified atom stereocenters. The number of amides is 1. The lowest BCUT2D eigenvalue weighted by molar-refractivity contribution is -0.145. The first-order valence-electron chi connectivity index (χ1n) is 11.2. The first kappa shape index (κ1) is 22.5. The van der Waals surface area contributed by atoms with Crippen LogP contribution in [-0.4, -0.2) is 34.7 Å². The molecule has 1 aliphatic rings. The van der Waals surface area contributed by atoms with Gasteiger partial charge in [-0.3, -0.25) is 14.6 Å². The van der Waals surface area contributed by atoms with Crippen molar-refractivity contribution < 1.29 is 9.59 Å². The monoisotopic (exact) mass is 448 g/mol. The number of rotatable bonds is 4. The lowest BCUT2D eigenvalue weighted by Gasteiger charge is -2.32. The van der Waals surface area contributed by atoms with Gasteiger partial charge in [-0.05, 0) is 71.2 Å². The molecule has 0 radical (unpaired) electrons. The van der Waals surface area contributed by atoms with Crippen LogP contribution < -0.4 is 0 Å². The van der Waals surface area contributed by atoms with Crippen molar-refractivity contribution in [3.8, 4) is 0 Å². The molecule has 0 N–H and O–H groups in total. The van der Waals surface area contributed by atoms with E-state index in [2.05, 4.69) is 50.0 Å². The minimum Gasteiger partial charge on any atom is -0.336 e. The number of piperidine rings is 1. The highest BCUT2D eigenvalue weighted by molar-refractivity contribution is 6.36. The molecule has 4 rings (SSSR count). The van der Waals surface area contributed by atoms with Gasteiger partial charge in [-0.2, -0.15) is 0 Å². The zero-order valence-corrected chi connectivity index (χ0v) is 19.7. The second-order valence-electron chi connectivity index (χ2n) is 9.68. The summed E-state index contributed by atoms with van der Waals surface area (Å²) in [6, 6.07) is 15.7. The number of hydrogen-bond acceptors (Lipinski definition) is 3. The van der Waals surface area contributed by atoms with Gasteiger partial charge in [0.2, 0.25) is 5.78 Å². The van der Waals surface area contributed by atoms with E-state index in [0.717, 1.165) is 23.9 Å².